The molecule has 0 bridgehead atoms. The molecule has 2 amide bonds. The Kier molecular flexibility index (Phi) is 4.30. The third kappa shape index (κ3) is 3.63. The highest BCUT2D eigenvalue weighted by atomic mass is 16.2. The molecule has 0 radical (unpaired) electrons. The van der Waals surface area contributed by atoms with E-state index in [1.807, 2.05) is 0 Å². The summed E-state index contributed by atoms with van der Waals surface area (Å²) in [6.07, 6.45) is 1.91. The van der Waals surface area contributed by atoms with Gasteiger partial charge in [0.05, 0.1) is 0 Å². The molecule has 1 aliphatic rings. The molecule has 4 nitrogen and oxygen atoms in total. The quantitative estimate of drug-likeness (QED) is 0.879. The van der Waals surface area contributed by atoms with Gasteiger partial charge in [-0.15, -0.1) is 0 Å². The van der Waals surface area contributed by atoms with Crippen LogP contribution in [0.1, 0.15) is 38.2 Å². The summed E-state index contributed by atoms with van der Waals surface area (Å²) in [5.41, 5.74) is 7.80. The minimum Gasteiger partial charge on any atom is -0.382 e. The number of hydrogen-bond acceptors (Lipinski definition) is 2. The third-order valence-corrected chi connectivity index (χ3v) is 3.73. The monoisotopic (exact) mass is 261 g/mol. The Bertz CT molecular complexity index is 437. The van der Waals surface area contributed by atoms with E-state index in [1.165, 1.54) is 11.3 Å². The maximum absolute atomic E-state index is 11.1. The van der Waals surface area contributed by atoms with Crippen LogP contribution in [0, 0.1) is 0 Å². The van der Waals surface area contributed by atoms with Crippen LogP contribution in [0.4, 0.5) is 10.5 Å². The highest BCUT2D eigenvalue weighted by molar-refractivity contribution is 5.72. The van der Waals surface area contributed by atoms with E-state index in [-0.39, 0.29) is 6.03 Å². The lowest BCUT2D eigenvalue weighted by atomic mass is 10.0. The van der Waals surface area contributed by atoms with Crippen molar-refractivity contribution in [3.63, 3.8) is 0 Å². The molecule has 0 atom stereocenters. The van der Waals surface area contributed by atoms with Crippen LogP contribution in [0.3, 0.4) is 0 Å². The summed E-state index contributed by atoms with van der Waals surface area (Å²) in [7, 11) is 0. The van der Waals surface area contributed by atoms with E-state index in [9.17, 15) is 4.79 Å². The van der Waals surface area contributed by atoms with Gasteiger partial charge in [-0.05, 0) is 36.5 Å². The first kappa shape index (κ1) is 13.7. The number of anilines is 1. The first-order valence-corrected chi connectivity index (χ1v) is 6.97. The average molecular weight is 261 g/mol. The number of benzene rings is 1. The fraction of sp³-hybridized carbons (Fsp3) is 0.533. The van der Waals surface area contributed by atoms with Gasteiger partial charge in [0.2, 0.25) is 0 Å². The van der Waals surface area contributed by atoms with Gasteiger partial charge in [-0.25, -0.2) is 4.79 Å². The minimum atomic E-state index is -0.305. The first-order valence-electron chi connectivity index (χ1n) is 6.97. The number of piperidine rings is 1. The van der Waals surface area contributed by atoms with Crippen molar-refractivity contribution >= 4 is 11.7 Å². The minimum absolute atomic E-state index is 0.305. The van der Waals surface area contributed by atoms with Crippen LogP contribution in [0.5, 0.6) is 0 Å². The molecule has 3 N–H and O–H groups in total. The number of nitrogens with zero attached hydrogens (tertiary/aromatic N) is 1. The zero-order chi connectivity index (χ0) is 13.8. The SMILES string of the molecule is CC(C)c1cccc(NC2CCN(C(N)=O)CC2)c1. The molecule has 0 unspecified atom stereocenters. The van der Waals surface area contributed by atoms with Gasteiger partial charge in [-0.2, -0.15) is 0 Å². The molecule has 0 aromatic heterocycles. The summed E-state index contributed by atoms with van der Waals surface area (Å²) in [5.74, 6) is 0.540. The van der Waals surface area contributed by atoms with Gasteiger partial charge in [0, 0.05) is 24.8 Å². The highest BCUT2D eigenvalue weighted by Crippen LogP contribution is 2.21. The first-order chi connectivity index (χ1) is 9.06. The Balaban J connectivity index is 1.92. The number of amides is 2. The molecule has 4 heteroatoms. The third-order valence-electron chi connectivity index (χ3n) is 3.73. The van der Waals surface area contributed by atoms with E-state index in [4.69, 9.17) is 5.73 Å². The van der Waals surface area contributed by atoms with Crippen LogP contribution >= 0.6 is 0 Å². The second-order valence-corrected chi connectivity index (χ2v) is 5.52. The molecular weight excluding hydrogens is 238 g/mol. The Morgan fingerprint density at radius 3 is 2.63 bits per heavy atom. The van der Waals surface area contributed by atoms with E-state index in [0.717, 1.165) is 25.9 Å². The van der Waals surface area contributed by atoms with Crippen molar-refractivity contribution in [2.45, 2.75) is 38.6 Å². The second-order valence-electron chi connectivity index (χ2n) is 5.52. The van der Waals surface area contributed by atoms with Crippen molar-refractivity contribution in [3.05, 3.63) is 29.8 Å². The maximum Gasteiger partial charge on any atom is 0.314 e. The largest absolute Gasteiger partial charge is 0.382 e. The predicted octanol–water partition coefficient (Wildman–Crippen LogP) is 2.77. The lowest BCUT2D eigenvalue weighted by Crippen LogP contribution is -2.44. The molecule has 104 valence electrons. The van der Waals surface area contributed by atoms with Gasteiger partial charge in [0.15, 0.2) is 0 Å². The average Bonchev–Trinajstić information content (AvgIpc) is 2.39. The van der Waals surface area contributed by atoms with Crippen molar-refractivity contribution in [1.82, 2.24) is 4.90 Å². The van der Waals surface area contributed by atoms with Gasteiger partial charge in [0.1, 0.15) is 0 Å². The summed E-state index contributed by atoms with van der Waals surface area (Å²) in [4.78, 5) is 12.8. The normalized spacial score (nSPS) is 16.7. The molecule has 1 aliphatic heterocycles. The molecule has 0 saturated carbocycles. The molecular formula is C15H23N3O. The number of carbonyl (C=O) groups is 1. The number of nitrogens with two attached hydrogens (primary N) is 1. The van der Waals surface area contributed by atoms with Gasteiger partial charge in [-0.1, -0.05) is 26.0 Å². The molecule has 1 fully saturated rings. The van der Waals surface area contributed by atoms with E-state index >= 15 is 0 Å². The maximum atomic E-state index is 11.1. The summed E-state index contributed by atoms with van der Waals surface area (Å²) < 4.78 is 0. The Morgan fingerprint density at radius 2 is 2.05 bits per heavy atom. The summed E-state index contributed by atoms with van der Waals surface area (Å²) in [6.45, 7) is 5.89. The standard InChI is InChI=1S/C15H23N3O/c1-11(2)12-4-3-5-14(10-12)17-13-6-8-18(9-7-13)15(16)19/h3-5,10-11,13,17H,6-9H2,1-2H3,(H2,16,19). The Hall–Kier alpha value is -1.71. The molecule has 1 aromatic carbocycles. The number of hydrogen-bond donors (Lipinski definition) is 2. The molecule has 2 rings (SSSR count). The number of carbonyl (C=O) groups excluding carboxylic acids is 1. The van der Waals surface area contributed by atoms with Crippen molar-refractivity contribution in [1.29, 1.82) is 0 Å². The predicted molar refractivity (Wildman–Crippen MR) is 78.3 cm³/mol. The fourth-order valence-electron chi connectivity index (χ4n) is 2.47. The summed E-state index contributed by atoms with van der Waals surface area (Å²) >= 11 is 0. The number of urea groups is 1. The van der Waals surface area contributed by atoms with E-state index in [0.29, 0.717) is 12.0 Å². The molecule has 0 spiro atoms. The van der Waals surface area contributed by atoms with Gasteiger partial charge in [-0.3, -0.25) is 0 Å². The van der Waals surface area contributed by atoms with E-state index in [2.05, 4.69) is 43.4 Å². The second kappa shape index (κ2) is 5.95. The van der Waals surface area contributed by atoms with Gasteiger partial charge in [0.25, 0.3) is 0 Å². The van der Waals surface area contributed by atoms with Crippen molar-refractivity contribution in [2.75, 3.05) is 18.4 Å². The highest BCUT2D eigenvalue weighted by Gasteiger charge is 2.20. The van der Waals surface area contributed by atoms with Crippen LogP contribution in [0.15, 0.2) is 24.3 Å². The lowest BCUT2D eigenvalue weighted by molar-refractivity contribution is 0.193. The molecule has 1 aromatic rings. The molecule has 19 heavy (non-hydrogen) atoms. The topological polar surface area (TPSA) is 58.4 Å². The molecule has 1 saturated heterocycles. The van der Waals surface area contributed by atoms with Crippen LogP contribution in [0.2, 0.25) is 0 Å². The summed E-state index contributed by atoms with van der Waals surface area (Å²) in [6, 6.07) is 8.69. The van der Waals surface area contributed by atoms with Crippen LogP contribution in [-0.2, 0) is 0 Å². The summed E-state index contributed by atoms with van der Waals surface area (Å²) in [5, 5.41) is 3.56. The number of rotatable bonds is 3. The smallest absolute Gasteiger partial charge is 0.314 e. The Labute approximate surface area is 115 Å². The lowest BCUT2D eigenvalue weighted by Gasteiger charge is -2.31. The number of nitrogens with one attached hydrogen (secondary N) is 1. The fourth-order valence-corrected chi connectivity index (χ4v) is 2.47. The van der Waals surface area contributed by atoms with Crippen LogP contribution in [-0.4, -0.2) is 30.1 Å². The van der Waals surface area contributed by atoms with Gasteiger partial charge < -0.3 is 16.0 Å². The molecule has 0 aliphatic carbocycles. The zero-order valence-corrected chi connectivity index (χ0v) is 11.7. The van der Waals surface area contributed by atoms with Crippen LogP contribution < -0.4 is 11.1 Å². The van der Waals surface area contributed by atoms with Crippen molar-refractivity contribution in [2.24, 2.45) is 5.73 Å². The number of likely N-dealkylation sites (tertiary alicyclic amines) is 1. The van der Waals surface area contributed by atoms with Crippen molar-refractivity contribution in [3.8, 4) is 0 Å². The number of primary amides is 1. The van der Waals surface area contributed by atoms with E-state index < -0.39 is 0 Å². The van der Waals surface area contributed by atoms with Crippen LogP contribution in [0.25, 0.3) is 0 Å². The van der Waals surface area contributed by atoms with Gasteiger partial charge >= 0.3 is 6.03 Å². The zero-order valence-electron chi connectivity index (χ0n) is 11.7. The Morgan fingerprint density at radius 1 is 1.37 bits per heavy atom. The molecule has 1 heterocycles. The van der Waals surface area contributed by atoms with E-state index in [1.54, 1.807) is 4.90 Å². The van der Waals surface area contributed by atoms with Crippen molar-refractivity contribution < 1.29 is 4.79 Å².